The summed E-state index contributed by atoms with van der Waals surface area (Å²) in [7, 11) is 0. The second-order valence-corrected chi connectivity index (χ2v) is 5.37. The van der Waals surface area contributed by atoms with E-state index in [1.54, 1.807) is 18.3 Å². The van der Waals surface area contributed by atoms with E-state index >= 15 is 0 Å². The Morgan fingerprint density at radius 1 is 0.950 bits per heavy atom. The Morgan fingerprint density at radius 2 is 1.65 bits per heavy atom. The highest BCUT2D eigenvalue weighted by molar-refractivity contribution is 6.36. The second kappa shape index (κ2) is 5.41. The predicted molar refractivity (Wildman–Crippen MR) is 84.2 cm³/mol. The van der Waals surface area contributed by atoms with E-state index in [9.17, 15) is 0 Å². The van der Waals surface area contributed by atoms with Gasteiger partial charge in [0.2, 0.25) is 0 Å². The molecule has 0 saturated heterocycles. The van der Waals surface area contributed by atoms with Crippen LogP contribution >= 0.6 is 23.2 Å². The van der Waals surface area contributed by atoms with Crippen LogP contribution in [0.4, 0.5) is 0 Å². The lowest BCUT2D eigenvalue weighted by molar-refractivity contribution is 0.881. The molecule has 0 aliphatic carbocycles. The van der Waals surface area contributed by atoms with E-state index in [1.165, 1.54) is 0 Å². The first kappa shape index (κ1) is 13.4. The lowest BCUT2D eigenvalue weighted by atomic mass is 9.95. The van der Waals surface area contributed by atoms with Gasteiger partial charge in [-0.05, 0) is 29.1 Å². The van der Waals surface area contributed by atoms with Gasteiger partial charge in [-0.2, -0.15) is 0 Å². The van der Waals surface area contributed by atoms with Gasteiger partial charge >= 0.3 is 0 Å². The summed E-state index contributed by atoms with van der Waals surface area (Å²) in [6.45, 7) is 0. The number of hydrogen-bond acceptors (Lipinski definition) is 2. The maximum Gasteiger partial charge on any atom is 0.0587 e. The highest BCUT2D eigenvalue weighted by Gasteiger charge is 2.17. The van der Waals surface area contributed by atoms with Gasteiger partial charge in [0.15, 0.2) is 0 Å². The fraction of sp³-hybridized carbons (Fsp3) is 0.0625. The molecule has 0 amide bonds. The maximum absolute atomic E-state index is 6.39. The summed E-state index contributed by atoms with van der Waals surface area (Å²) >= 11 is 12.5. The lowest BCUT2D eigenvalue weighted by Gasteiger charge is -2.17. The van der Waals surface area contributed by atoms with Gasteiger partial charge in [-0.15, -0.1) is 0 Å². The quantitative estimate of drug-likeness (QED) is 0.752. The van der Waals surface area contributed by atoms with Gasteiger partial charge in [0, 0.05) is 33.4 Å². The van der Waals surface area contributed by atoms with Crippen LogP contribution in [0.3, 0.4) is 0 Å². The van der Waals surface area contributed by atoms with E-state index in [0.717, 1.165) is 21.9 Å². The lowest BCUT2D eigenvalue weighted by Crippen LogP contribution is -2.13. The van der Waals surface area contributed by atoms with Crippen molar-refractivity contribution in [1.29, 1.82) is 0 Å². The van der Waals surface area contributed by atoms with Crippen molar-refractivity contribution in [3.63, 3.8) is 0 Å². The van der Waals surface area contributed by atoms with Gasteiger partial charge in [0.1, 0.15) is 0 Å². The molecule has 0 saturated carbocycles. The molecule has 0 spiro atoms. The molecule has 2 N–H and O–H groups in total. The zero-order valence-electron chi connectivity index (χ0n) is 10.6. The van der Waals surface area contributed by atoms with E-state index < -0.39 is 0 Å². The number of hydrogen-bond donors (Lipinski definition) is 1. The SMILES string of the molecule is NC(c1c(Cl)cccc1Cl)c1cccc2cnccc12. The molecule has 3 rings (SSSR count). The average molecular weight is 303 g/mol. The molecule has 0 fully saturated rings. The fourth-order valence-corrected chi connectivity index (χ4v) is 3.01. The normalized spacial score (nSPS) is 12.6. The molecule has 20 heavy (non-hydrogen) atoms. The molecule has 1 aromatic heterocycles. The molecule has 3 aromatic rings. The van der Waals surface area contributed by atoms with Crippen LogP contribution in [0.1, 0.15) is 17.2 Å². The minimum atomic E-state index is -0.373. The number of benzene rings is 2. The smallest absolute Gasteiger partial charge is 0.0587 e. The van der Waals surface area contributed by atoms with Crippen molar-refractivity contribution in [3.05, 3.63) is 76.0 Å². The molecule has 100 valence electrons. The molecule has 0 aliphatic heterocycles. The first-order chi connectivity index (χ1) is 9.68. The van der Waals surface area contributed by atoms with E-state index in [4.69, 9.17) is 28.9 Å². The van der Waals surface area contributed by atoms with Crippen LogP contribution in [-0.2, 0) is 0 Å². The minimum Gasteiger partial charge on any atom is -0.320 e. The van der Waals surface area contributed by atoms with Crippen LogP contribution in [0.15, 0.2) is 54.9 Å². The van der Waals surface area contributed by atoms with Crippen LogP contribution in [0.25, 0.3) is 10.8 Å². The Kier molecular flexibility index (Phi) is 3.62. The molecule has 1 heterocycles. The largest absolute Gasteiger partial charge is 0.320 e. The highest BCUT2D eigenvalue weighted by Crippen LogP contribution is 2.35. The average Bonchev–Trinajstić information content (AvgIpc) is 2.46. The first-order valence-electron chi connectivity index (χ1n) is 6.20. The molecular weight excluding hydrogens is 291 g/mol. The van der Waals surface area contributed by atoms with Crippen LogP contribution in [0.5, 0.6) is 0 Å². The van der Waals surface area contributed by atoms with E-state index in [-0.39, 0.29) is 6.04 Å². The fourth-order valence-electron chi connectivity index (χ4n) is 2.38. The van der Waals surface area contributed by atoms with Crippen molar-refractivity contribution in [2.45, 2.75) is 6.04 Å². The molecule has 4 heteroatoms. The van der Waals surface area contributed by atoms with Crippen molar-refractivity contribution in [2.24, 2.45) is 5.73 Å². The second-order valence-electron chi connectivity index (χ2n) is 4.56. The monoisotopic (exact) mass is 302 g/mol. The zero-order valence-corrected chi connectivity index (χ0v) is 12.1. The summed E-state index contributed by atoms with van der Waals surface area (Å²) in [6, 6.07) is 13.0. The number of halogens is 2. The number of pyridine rings is 1. The highest BCUT2D eigenvalue weighted by atomic mass is 35.5. The van der Waals surface area contributed by atoms with Crippen molar-refractivity contribution < 1.29 is 0 Å². The van der Waals surface area contributed by atoms with Gasteiger partial charge in [-0.1, -0.05) is 47.5 Å². The molecule has 1 unspecified atom stereocenters. The van der Waals surface area contributed by atoms with Crippen LogP contribution < -0.4 is 5.73 Å². The van der Waals surface area contributed by atoms with Crippen molar-refractivity contribution in [1.82, 2.24) is 4.98 Å². The predicted octanol–water partition coefficient (Wildman–Crippen LogP) is 4.59. The summed E-state index contributed by atoms with van der Waals surface area (Å²) in [4.78, 5) is 4.13. The number of rotatable bonds is 2. The number of aromatic nitrogens is 1. The number of nitrogens with zero attached hydrogens (tertiary/aromatic N) is 1. The molecule has 1 atom stereocenters. The zero-order chi connectivity index (χ0) is 14.1. The molecule has 0 radical (unpaired) electrons. The van der Waals surface area contributed by atoms with Gasteiger partial charge < -0.3 is 5.73 Å². The van der Waals surface area contributed by atoms with Crippen LogP contribution in [-0.4, -0.2) is 4.98 Å². The van der Waals surface area contributed by atoms with Gasteiger partial charge in [-0.25, -0.2) is 0 Å². The maximum atomic E-state index is 6.39. The van der Waals surface area contributed by atoms with Gasteiger partial charge in [-0.3, -0.25) is 4.98 Å². The van der Waals surface area contributed by atoms with E-state index in [1.807, 2.05) is 36.5 Å². The molecule has 0 aliphatic rings. The Balaban J connectivity index is 2.21. The van der Waals surface area contributed by atoms with Crippen LogP contribution in [0.2, 0.25) is 10.0 Å². The summed E-state index contributed by atoms with van der Waals surface area (Å²) in [6.07, 6.45) is 3.58. The third kappa shape index (κ3) is 2.27. The Morgan fingerprint density at radius 3 is 2.40 bits per heavy atom. The van der Waals surface area contributed by atoms with Crippen LogP contribution in [0, 0.1) is 0 Å². The molecule has 2 nitrogen and oxygen atoms in total. The van der Waals surface area contributed by atoms with Gasteiger partial charge in [0.05, 0.1) is 6.04 Å². The third-order valence-electron chi connectivity index (χ3n) is 3.36. The molecular formula is C16H12Cl2N2. The topological polar surface area (TPSA) is 38.9 Å². The summed E-state index contributed by atoms with van der Waals surface area (Å²) in [5, 5.41) is 3.27. The van der Waals surface area contributed by atoms with Crippen molar-refractivity contribution in [3.8, 4) is 0 Å². The van der Waals surface area contributed by atoms with Crippen molar-refractivity contribution in [2.75, 3.05) is 0 Å². The number of fused-ring (bicyclic) bond motifs is 1. The molecule has 2 aromatic carbocycles. The van der Waals surface area contributed by atoms with Crippen molar-refractivity contribution >= 4 is 34.0 Å². The number of nitrogens with two attached hydrogens (primary N) is 1. The van der Waals surface area contributed by atoms with Gasteiger partial charge in [0.25, 0.3) is 0 Å². The summed E-state index contributed by atoms with van der Waals surface area (Å²) in [5.74, 6) is 0. The summed E-state index contributed by atoms with van der Waals surface area (Å²) in [5.41, 5.74) is 8.13. The minimum absolute atomic E-state index is 0.373. The Bertz CT molecular complexity index is 746. The third-order valence-corrected chi connectivity index (χ3v) is 4.02. The first-order valence-corrected chi connectivity index (χ1v) is 6.96. The standard InChI is InChI=1S/C16H12Cl2N2/c17-13-5-2-6-14(18)15(13)16(19)12-4-1-3-10-9-20-8-7-11(10)12/h1-9,16H,19H2. The Labute approximate surface area is 127 Å². The van der Waals surface area contributed by atoms with E-state index in [2.05, 4.69) is 4.98 Å². The summed E-state index contributed by atoms with van der Waals surface area (Å²) < 4.78 is 0. The molecule has 0 bridgehead atoms. The Hall–Kier alpha value is -1.61. The van der Waals surface area contributed by atoms with E-state index in [0.29, 0.717) is 10.0 Å².